The van der Waals surface area contributed by atoms with Crippen LogP contribution in [0.1, 0.15) is 40.2 Å². The van der Waals surface area contributed by atoms with Gasteiger partial charge in [0.2, 0.25) is 5.95 Å². The summed E-state index contributed by atoms with van der Waals surface area (Å²) in [4.78, 5) is 10.9. The Morgan fingerprint density at radius 2 is 1.78 bits per heavy atom. The van der Waals surface area contributed by atoms with E-state index >= 15 is 0 Å². The van der Waals surface area contributed by atoms with Gasteiger partial charge in [-0.1, -0.05) is 13.8 Å². The minimum Gasteiger partial charge on any atom is -0.344 e. The van der Waals surface area contributed by atoms with Gasteiger partial charge in [-0.25, -0.2) is 9.97 Å². The highest BCUT2D eigenvalue weighted by Gasteiger charge is 2.09. The Kier molecular flexibility index (Phi) is 5.08. The molecular weight excluding hydrogens is 224 g/mol. The van der Waals surface area contributed by atoms with Gasteiger partial charge in [0.1, 0.15) is 0 Å². The number of hydrogen-bond acceptors (Lipinski definition) is 4. The van der Waals surface area contributed by atoms with E-state index in [0.717, 1.165) is 24.6 Å². The minimum atomic E-state index is 0.118. The maximum Gasteiger partial charge on any atom is 0.225 e. The first-order chi connectivity index (χ1) is 8.28. The fourth-order valence-corrected chi connectivity index (χ4v) is 1.63. The van der Waals surface area contributed by atoms with Gasteiger partial charge in [-0.15, -0.1) is 0 Å². The van der Waals surface area contributed by atoms with Crippen LogP contribution in [0.3, 0.4) is 0 Å². The maximum atomic E-state index is 4.41. The number of aromatic nitrogens is 2. The second kappa shape index (κ2) is 6.14. The zero-order valence-electron chi connectivity index (χ0n) is 12.5. The Bertz CT molecular complexity index is 351. The largest absolute Gasteiger partial charge is 0.344 e. The van der Waals surface area contributed by atoms with E-state index in [1.807, 2.05) is 19.4 Å². The molecule has 0 saturated heterocycles. The molecule has 18 heavy (non-hydrogen) atoms. The van der Waals surface area contributed by atoms with Crippen LogP contribution < -0.4 is 10.2 Å². The van der Waals surface area contributed by atoms with E-state index in [0.29, 0.717) is 5.92 Å². The van der Waals surface area contributed by atoms with Crippen molar-refractivity contribution in [2.75, 3.05) is 18.5 Å². The van der Waals surface area contributed by atoms with Crippen molar-refractivity contribution < 1.29 is 0 Å². The Labute approximate surface area is 111 Å². The van der Waals surface area contributed by atoms with Crippen LogP contribution in [0.15, 0.2) is 12.4 Å². The van der Waals surface area contributed by atoms with E-state index in [-0.39, 0.29) is 5.54 Å². The van der Waals surface area contributed by atoms with Crippen LogP contribution in [-0.4, -0.2) is 29.1 Å². The molecular formula is C14H26N4. The first-order valence-electron chi connectivity index (χ1n) is 6.55. The molecule has 1 aromatic heterocycles. The Morgan fingerprint density at radius 3 is 2.22 bits per heavy atom. The third-order valence-corrected chi connectivity index (χ3v) is 2.49. The van der Waals surface area contributed by atoms with Gasteiger partial charge in [0.05, 0.1) is 0 Å². The van der Waals surface area contributed by atoms with Crippen molar-refractivity contribution in [3.63, 3.8) is 0 Å². The second-order valence-corrected chi connectivity index (χ2v) is 6.27. The van der Waals surface area contributed by atoms with E-state index in [2.05, 4.69) is 54.8 Å². The first kappa shape index (κ1) is 14.9. The molecule has 0 unspecified atom stereocenters. The molecule has 0 aliphatic rings. The molecule has 4 nitrogen and oxygen atoms in total. The summed E-state index contributed by atoms with van der Waals surface area (Å²) in [7, 11) is 2.03. The Balaban J connectivity index is 2.57. The third kappa shape index (κ3) is 5.45. The molecule has 0 atom stereocenters. The molecule has 0 radical (unpaired) electrons. The van der Waals surface area contributed by atoms with Crippen molar-refractivity contribution in [3.8, 4) is 0 Å². The summed E-state index contributed by atoms with van der Waals surface area (Å²) in [5, 5.41) is 3.43. The average Bonchev–Trinajstić information content (AvgIpc) is 2.25. The molecule has 0 aromatic carbocycles. The predicted molar refractivity (Wildman–Crippen MR) is 76.7 cm³/mol. The summed E-state index contributed by atoms with van der Waals surface area (Å²) >= 11 is 0. The summed E-state index contributed by atoms with van der Waals surface area (Å²) in [6.07, 6.45) is 3.80. The lowest BCUT2D eigenvalue weighted by Gasteiger charge is -2.21. The molecule has 0 aliphatic carbocycles. The topological polar surface area (TPSA) is 41.1 Å². The number of anilines is 1. The van der Waals surface area contributed by atoms with Crippen LogP contribution in [0.5, 0.6) is 0 Å². The highest BCUT2D eigenvalue weighted by Crippen LogP contribution is 2.08. The number of nitrogens with zero attached hydrogens (tertiary/aromatic N) is 3. The third-order valence-electron chi connectivity index (χ3n) is 2.49. The summed E-state index contributed by atoms with van der Waals surface area (Å²) in [6.45, 7) is 12.6. The summed E-state index contributed by atoms with van der Waals surface area (Å²) < 4.78 is 0. The predicted octanol–water partition coefficient (Wildman–Crippen LogP) is 2.46. The zero-order chi connectivity index (χ0) is 13.8. The van der Waals surface area contributed by atoms with Crippen molar-refractivity contribution in [2.45, 2.75) is 46.7 Å². The summed E-state index contributed by atoms with van der Waals surface area (Å²) in [5.74, 6) is 1.41. The van der Waals surface area contributed by atoms with Gasteiger partial charge in [0.15, 0.2) is 0 Å². The van der Waals surface area contributed by atoms with Crippen LogP contribution >= 0.6 is 0 Å². The number of hydrogen-bond donors (Lipinski definition) is 1. The van der Waals surface area contributed by atoms with Gasteiger partial charge < -0.3 is 10.2 Å². The molecule has 1 aromatic rings. The van der Waals surface area contributed by atoms with E-state index < -0.39 is 0 Å². The van der Waals surface area contributed by atoms with E-state index in [4.69, 9.17) is 0 Å². The average molecular weight is 250 g/mol. The lowest BCUT2D eigenvalue weighted by atomic mass is 10.1. The molecule has 1 N–H and O–H groups in total. The minimum absolute atomic E-state index is 0.118. The molecule has 0 spiro atoms. The molecule has 0 bridgehead atoms. The lowest BCUT2D eigenvalue weighted by Crippen LogP contribution is -2.35. The van der Waals surface area contributed by atoms with Crippen molar-refractivity contribution in [1.29, 1.82) is 0 Å². The van der Waals surface area contributed by atoms with Crippen LogP contribution in [0.25, 0.3) is 0 Å². The standard InChI is InChI=1S/C14H26N4/c1-11(2)10-18(6)13-15-7-12(8-16-13)9-17-14(3,4)5/h7-8,11,17H,9-10H2,1-6H3. The molecule has 0 fully saturated rings. The van der Waals surface area contributed by atoms with Crippen LogP contribution in [0, 0.1) is 5.92 Å². The van der Waals surface area contributed by atoms with Gasteiger partial charge >= 0.3 is 0 Å². The first-order valence-corrected chi connectivity index (χ1v) is 6.55. The molecule has 0 aliphatic heterocycles. The monoisotopic (exact) mass is 250 g/mol. The van der Waals surface area contributed by atoms with Crippen molar-refractivity contribution in [1.82, 2.24) is 15.3 Å². The maximum absolute atomic E-state index is 4.41. The van der Waals surface area contributed by atoms with Crippen molar-refractivity contribution in [2.24, 2.45) is 5.92 Å². The molecule has 1 rings (SSSR count). The van der Waals surface area contributed by atoms with E-state index in [9.17, 15) is 0 Å². The van der Waals surface area contributed by atoms with Gasteiger partial charge in [-0.3, -0.25) is 0 Å². The fraction of sp³-hybridized carbons (Fsp3) is 0.714. The number of nitrogens with one attached hydrogen (secondary N) is 1. The second-order valence-electron chi connectivity index (χ2n) is 6.27. The van der Waals surface area contributed by atoms with Crippen LogP contribution in [0.4, 0.5) is 5.95 Å². The highest BCUT2D eigenvalue weighted by atomic mass is 15.2. The molecule has 0 saturated carbocycles. The summed E-state index contributed by atoms with van der Waals surface area (Å²) in [6, 6.07) is 0. The van der Waals surface area contributed by atoms with Gasteiger partial charge in [0.25, 0.3) is 0 Å². The van der Waals surface area contributed by atoms with Crippen LogP contribution in [0.2, 0.25) is 0 Å². The SMILES string of the molecule is CC(C)CN(C)c1ncc(CNC(C)(C)C)cn1. The number of rotatable bonds is 5. The normalized spacial score (nSPS) is 11.9. The fourth-order valence-electron chi connectivity index (χ4n) is 1.63. The van der Waals surface area contributed by atoms with Gasteiger partial charge in [-0.05, 0) is 26.7 Å². The smallest absolute Gasteiger partial charge is 0.225 e. The Hall–Kier alpha value is -1.16. The molecule has 4 heteroatoms. The van der Waals surface area contributed by atoms with Crippen molar-refractivity contribution in [3.05, 3.63) is 18.0 Å². The molecule has 1 heterocycles. The quantitative estimate of drug-likeness (QED) is 0.871. The van der Waals surface area contributed by atoms with Gasteiger partial charge in [0, 0.05) is 43.6 Å². The van der Waals surface area contributed by atoms with Gasteiger partial charge in [-0.2, -0.15) is 0 Å². The lowest BCUT2D eigenvalue weighted by molar-refractivity contribution is 0.423. The highest BCUT2D eigenvalue weighted by molar-refractivity contribution is 5.28. The van der Waals surface area contributed by atoms with Crippen LogP contribution in [-0.2, 0) is 6.54 Å². The Morgan fingerprint density at radius 1 is 1.22 bits per heavy atom. The van der Waals surface area contributed by atoms with E-state index in [1.54, 1.807) is 0 Å². The molecule has 102 valence electrons. The summed E-state index contributed by atoms with van der Waals surface area (Å²) in [5.41, 5.74) is 1.24. The van der Waals surface area contributed by atoms with E-state index in [1.165, 1.54) is 0 Å². The molecule has 0 amide bonds. The zero-order valence-corrected chi connectivity index (χ0v) is 12.5. The van der Waals surface area contributed by atoms with Crippen molar-refractivity contribution >= 4 is 5.95 Å².